The van der Waals surface area contributed by atoms with Crippen molar-refractivity contribution in [1.29, 1.82) is 0 Å². The molecule has 1 aliphatic carbocycles. The second-order valence-electron chi connectivity index (χ2n) is 7.25. The molecular weight excluding hydrogens is 307 g/mol. The molecule has 0 amide bonds. The van der Waals surface area contributed by atoms with Crippen molar-refractivity contribution in [1.82, 2.24) is 15.5 Å². The van der Waals surface area contributed by atoms with Crippen molar-refractivity contribution in [2.45, 2.75) is 43.9 Å². The minimum absolute atomic E-state index is 0.342. The van der Waals surface area contributed by atoms with E-state index in [4.69, 9.17) is 4.74 Å². The molecule has 3 fully saturated rings. The molecule has 0 aromatic rings. The van der Waals surface area contributed by atoms with Gasteiger partial charge in [0.2, 0.25) is 0 Å². The Morgan fingerprint density at radius 2 is 2.09 bits per heavy atom. The molecule has 2 aliphatic heterocycles. The van der Waals surface area contributed by atoms with E-state index in [2.05, 4.69) is 10.6 Å². The van der Waals surface area contributed by atoms with Crippen molar-refractivity contribution < 1.29 is 17.9 Å². The molecular formula is C16H28F3N3O. The van der Waals surface area contributed by atoms with Crippen LogP contribution in [0, 0.1) is 11.8 Å². The Kier molecular flexibility index (Phi) is 5.82. The lowest BCUT2D eigenvalue weighted by Crippen LogP contribution is -2.51. The van der Waals surface area contributed by atoms with E-state index in [0.717, 1.165) is 32.7 Å². The van der Waals surface area contributed by atoms with Gasteiger partial charge in [0.1, 0.15) is 0 Å². The van der Waals surface area contributed by atoms with Crippen molar-refractivity contribution >= 4 is 0 Å². The molecule has 0 aromatic carbocycles. The van der Waals surface area contributed by atoms with Gasteiger partial charge in [0.05, 0.1) is 19.8 Å². The zero-order valence-corrected chi connectivity index (χ0v) is 13.6. The summed E-state index contributed by atoms with van der Waals surface area (Å²) in [5.41, 5.74) is 0. The molecule has 134 valence electrons. The highest BCUT2D eigenvalue weighted by Crippen LogP contribution is 2.30. The predicted molar refractivity (Wildman–Crippen MR) is 82.3 cm³/mol. The van der Waals surface area contributed by atoms with Crippen LogP contribution >= 0.6 is 0 Å². The van der Waals surface area contributed by atoms with E-state index in [1.165, 1.54) is 24.2 Å². The van der Waals surface area contributed by atoms with Crippen molar-refractivity contribution in [3.05, 3.63) is 0 Å². The van der Waals surface area contributed by atoms with Gasteiger partial charge in [0, 0.05) is 25.2 Å². The Bertz CT molecular complexity index is 374. The fourth-order valence-corrected chi connectivity index (χ4v) is 4.38. The van der Waals surface area contributed by atoms with E-state index in [1.807, 2.05) is 0 Å². The third-order valence-corrected chi connectivity index (χ3v) is 5.48. The summed E-state index contributed by atoms with van der Waals surface area (Å²) in [4.78, 5) is 1.54. The number of ether oxygens (including phenoxy) is 1. The molecule has 3 rings (SSSR count). The molecule has 0 aromatic heterocycles. The lowest BCUT2D eigenvalue weighted by Gasteiger charge is -2.33. The van der Waals surface area contributed by atoms with Crippen molar-refractivity contribution in [2.75, 3.05) is 45.9 Å². The van der Waals surface area contributed by atoms with Crippen LogP contribution in [0.1, 0.15) is 25.7 Å². The Balaban J connectivity index is 1.41. The van der Waals surface area contributed by atoms with Crippen molar-refractivity contribution in [3.8, 4) is 0 Å². The Labute approximate surface area is 136 Å². The number of hydrogen-bond donors (Lipinski definition) is 2. The number of halogens is 3. The van der Waals surface area contributed by atoms with Gasteiger partial charge in [-0.15, -0.1) is 0 Å². The van der Waals surface area contributed by atoms with Gasteiger partial charge in [-0.1, -0.05) is 6.42 Å². The van der Waals surface area contributed by atoms with Crippen molar-refractivity contribution in [3.63, 3.8) is 0 Å². The molecule has 4 nitrogen and oxygen atoms in total. The van der Waals surface area contributed by atoms with Gasteiger partial charge in [0.25, 0.3) is 0 Å². The van der Waals surface area contributed by atoms with E-state index in [0.29, 0.717) is 37.0 Å². The van der Waals surface area contributed by atoms with Gasteiger partial charge in [-0.3, -0.25) is 4.90 Å². The number of likely N-dealkylation sites (tertiary alicyclic amines) is 1. The Hall–Kier alpha value is -0.370. The smallest absolute Gasteiger partial charge is 0.379 e. The summed E-state index contributed by atoms with van der Waals surface area (Å²) in [5.74, 6) is 0.928. The molecule has 1 saturated carbocycles. The van der Waals surface area contributed by atoms with E-state index in [9.17, 15) is 13.2 Å². The van der Waals surface area contributed by atoms with Crippen LogP contribution in [0.5, 0.6) is 0 Å². The minimum Gasteiger partial charge on any atom is -0.379 e. The largest absolute Gasteiger partial charge is 0.401 e. The summed E-state index contributed by atoms with van der Waals surface area (Å²) >= 11 is 0. The van der Waals surface area contributed by atoms with Crippen LogP contribution in [0.15, 0.2) is 0 Å². The number of nitrogens with zero attached hydrogens (tertiary/aromatic N) is 1. The van der Waals surface area contributed by atoms with Crippen LogP contribution in [0.3, 0.4) is 0 Å². The standard InChI is InChI=1S/C16H28F3N3O/c17-16(18,19)11-22-6-4-12(9-22)8-21-14-3-1-2-13(14)15-10-23-7-5-20-15/h12-15,20-21H,1-11H2. The summed E-state index contributed by atoms with van der Waals surface area (Å²) < 4.78 is 42.9. The van der Waals surface area contributed by atoms with Gasteiger partial charge in [-0.05, 0) is 44.2 Å². The van der Waals surface area contributed by atoms with Gasteiger partial charge >= 0.3 is 6.18 Å². The fraction of sp³-hybridized carbons (Fsp3) is 1.00. The second kappa shape index (κ2) is 7.68. The normalized spacial score (nSPS) is 36.7. The predicted octanol–water partition coefficient (Wildman–Crippen LogP) is 1.62. The highest BCUT2D eigenvalue weighted by Gasteiger charge is 2.37. The van der Waals surface area contributed by atoms with Crippen LogP contribution < -0.4 is 10.6 Å². The lowest BCUT2D eigenvalue weighted by atomic mass is 9.93. The van der Waals surface area contributed by atoms with Gasteiger partial charge in [0.15, 0.2) is 0 Å². The van der Waals surface area contributed by atoms with Crippen LogP contribution in [0.2, 0.25) is 0 Å². The SMILES string of the molecule is FC(F)(F)CN1CCC(CNC2CCCC2C2COCCN2)C1. The zero-order chi connectivity index (χ0) is 16.3. The van der Waals surface area contributed by atoms with E-state index < -0.39 is 12.7 Å². The maximum atomic E-state index is 12.4. The van der Waals surface area contributed by atoms with Crippen LogP contribution in [0.25, 0.3) is 0 Å². The molecule has 0 bridgehead atoms. The summed E-state index contributed by atoms with van der Waals surface area (Å²) in [6, 6.07) is 0.903. The van der Waals surface area contributed by atoms with Gasteiger partial charge in [-0.2, -0.15) is 13.2 Å². The van der Waals surface area contributed by atoms with E-state index in [-0.39, 0.29) is 0 Å². The first-order valence-electron chi connectivity index (χ1n) is 8.85. The van der Waals surface area contributed by atoms with Crippen LogP contribution in [0.4, 0.5) is 13.2 Å². The molecule has 4 unspecified atom stereocenters. The number of rotatable bonds is 5. The van der Waals surface area contributed by atoms with E-state index in [1.54, 1.807) is 0 Å². The molecule has 0 radical (unpaired) electrons. The number of hydrogen-bond acceptors (Lipinski definition) is 4. The molecule has 4 atom stereocenters. The average molecular weight is 335 g/mol. The lowest BCUT2D eigenvalue weighted by molar-refractivity contribution is -0.143. The van der Waals surface area contributed by atoms with E-state index >= 15 is 0 Å². The summed E-state index contributed by atoms with van der Waals surface area (Å²) in [6.07, 6.45) is 0.396. The second-order valence-corrected chi connectivity index (χ2v) is 7.25. The van der Waals surface area contributed by atoms with Crippen molar-refractivity contribution in [2.24, 2.45) is 11.8 Å². The highest BCUT2D eigenvalue weighted by molar-refractivity contribution is 4.93. The maximum absolute atomic E-state index is 12.4. The first kappa shape index (κ1) is 17.5. The molecule has 2 saturated heterocycles. The topological polar surface area (TPSA) is 36.5 Å². The molecule has 2 N–H and O–H groups in total. The highest BCUT2D eigenvalue weighted by atomic mass is 19.4. The third kappa shape index (κ3) is 5.05. The average Bonchev–Trinajstić information content (AvgIpc) is 3.13. The number of alkyl halides is 3. The molecule has 2 heterocycles. The molecule has 0 spiro atoms. The first-order valence-corrected chi connectivity index (χ1v) is 8.85. The van der Waals surface area contributed by atoms with Gasteiger partial charge in [-0.25, -0.2) is 0 Å². The Morgan fingerprint density at radius 3 is 2.83 bits per heavy atom. The molecule has 7 heteroatoms. The molecule has 3 aliphatic rings. The fourth-order valence-electron chi connectivity index (χ4n) is 4.38. The Morgan fingerprint density at radius 1 is 1.22 bits per heavy atom. The summed E-state index contributed by atoms with van der Waals surface area (Å²) in [6.45, 7) is 3.70. The number of nitrogens with one attached hydrogen (secondary N) is 2. The molecule has 23 heavy (non-hydrogen) atoms. The quantitative estimate of drug-likeness (QED) is 0.801. The monoisotopic (exact) mass is 335 g/mol. The number of morpholine rings is 1. The summed E-state index contributed by atoms with van der Waals surface area (Å²) in [7, 11) is 0. The first-order chi connectivity index (χ1) is 11.0. The zero-order valence-electron chi connectivity index (χ0n) is 13.6. The summed E-state index contributed by atoms with van der Waals surface area (Å²) in [5, 5.41) is 7.20. The minimum atomic E-state index is -4.08. The van der Waals surface area contributed by atoms with Crippen LogP contribution in [-0.4, -0.2) is 69.1 Å². The van der Waals surface area contributed by atoms with Gasteiger partial charge < -0.3 is 15.4 Å². The maximum Gasteiger partial charge on any atom is 0.401 e. The van der Waals surface area contributed by atoms with Crippen LogP contribution in [-0.2, 0) is 4.74 Å². The third-order valence-electron chi connectivity index (χ3n) is 5.48.